The molecule has 1 heterocycles. The standard InChI is InChI=1S/C14H14Cl2N2S/c15-9-3-4-11(16)10(7-9)12-8-19-13(18-12)14(17)5-1-2-6-14/h3-4,7-8H,1-2,5-6,17H2. The Morgan fingerprint density at radius 1 is 1.21 bits per heavy atom. The number of halogens is 2. The van der Waals surface area contributed by atoms with E-state index in [2.05, 4.69) is 4.98 Å². The maximum atomic E-state index is 6.43. The second-order valence-corrected chi connectivity index (χ2v) is 6.73. The van der Waals surface area contributed by atoms with Gasteiger partial charge in [-0.15, -0.1) is 11.3 Å². The fourth-order valence-corrected chi connectivity index (χ4v) is 3.92. The topological polar surface area (TPSA) is 38.9 Å². The van der Waals surface area contributed by atoms with Gasteiger partial charge in [0.05, 0.1) is 16.3 Å². The summed E-state index contributed by atoms with van der Waals surface area (Å²) in [6.45, 7) is 0. The van der Waals surface area contributed by atoms with Gasteiger partial charge >= 0.3 is 0 Å². The lowest BCUT2D eigenvalue weighted by Crippen LogP contribution is -2.32. The first-order valence-corrected chi connectivity index (χ1v) is 7.92. The minimum absolute atomic E-state index is 0.242. The van der Waals surface area contributed by atoms with Crippen molar-refractivity contribution in [1.29, 1.82) is 0 Å². The molecule has 2 N–H and O–H groups in total. The molecule has 100 valence electrons. The summed E-state index contributed by atoms with van der Waals surface area (Å²) in [6.07, 6.45) is 4.40. The van der Waals surface area contributed by atoms with Crippen LogP contribution >= 0.6 is 34.5 Å². The first-order chi connectivity index (χ1) is 9.08. The van der Waals surface area contributed by atoms with Crippen molar-refractivity contribution in [1.82, 2.24) is 4.98 Å². The van der Waals surface area contributed by atoms with Crippen LogP contribution in [0.3, 0.4) is 0 Å². The predicted molar refractivity (Wildman–Crippen MR) is 81.9 cm³/mol. The Morgan fingerprint density at radius 2 is 1.95 bits per heavy atom. The molecular weight excluding hydrogens is 299 g/mol. The summed E-state index contributed by atoms with van der Waals surface area (Å²) in [7, 11) is 0. The molecule has 19 heavy (non-hydrogen) atoms. The molecular formula is C14H14Cl2N2S. The Morgan fingerprint density at radius 3 is 2.68 bits per heavy atom. The largest absolute Gasteiger partial charge is 0.319 e. The van der Waals surface area contributed by atoms with E-state index in [1.807, 2.05) is 11.4 Å². The van der Waals surface area contributed by atoms with Crippen LogP contribution in [0, 0.1) is 0 Å². The van der Waals surface area contributed by atoms with Crippen LogP contribution in [-0.2, 0) is 5.54 Å². The van der Waals surface area contributed by atoms with Gasteiger partial charge < -0.3 is 5.73 Å². The van der Waals surface area contributed by atoms with Crippen molar-refractivity contribution >= 4 is 34.5 Å². The number of rotatable bonds is 2. The third kappa shape index (κ3) is 2.52. The van der Waals surface area contributed by atoms with Crippen molar-refractivity contribution in [2.75, 3.05) is 0 Å². The van der Waals surface area contributed by atoms with Crippen molar-refractivity contribution in [3.05, 3.63) is 38.6 Å². The highest BCUT2D eigenvalue weighted by Gasteiger charge is 2.34. The maximum Gasteiger partial charge on any atom is 0.113 e. The maximum absolute atomic E-state index is 6.43. The summed E-state index contributed by atoms with van der Waals surface area (Å²) in [5.41, 5.74) is 7.92. The van der Waals surface area contributed by atoms with Crippen molar-refractivity contribution < 1.29 is 0 Å². The first-order valence-electron chi connectivity index (χ1n) is 6.29. The van der Waals surface area contributed by atoms with Crippen LogP contribution in [0.2, 0.25) is 10.0 Å². The molecule has 1 saturated carbocycles. The van der Waals surface area contributed by atoms with Gasteiger partial charge in [-0.3, -0.25) is 0 Å². The molecule has 5 heteroatoms. The highest BCUT2D eigenvalue weighted by atomic mass is 35.5. The lowest BCUT2D eigenvalue weighted by atomic mass is 10.0. The molecule has 0 amide bonds. The first kappa shape index (κ1) is 13.4. The monoisotopic (exact) mass is 312 g/mol. The average Bonchev–Trinajstić information content (AvgIpc) is 3.02. The van der Waals surface area contributed by atoms with Gasteiger partial charge in [0.25, 0.3) is 0 Å². The fourth-order valence-electron chi connectivity index (χ4n) is 2.54. The van der Waals surface area contributed by atoms with E-state index >= 15 is 0 Å². The van der Waals surface area contributed by atoms with E-state index in [0.29, 0.717) is 10.0 Å². The lowest BCUT2D eigenvalue weighted by molar-refractivity contribution is 0.459. The van der Waals surface area contributed by atoms with Gasteiger partial charge in [-0.05, 0) is 31.0 Å². The molecule has 2 nitrogen and oxygen atoms in total. The molecule has 0 atom stereocenters. The number of nitrogens with two attached hydrogens (primary N) is 1. The van der Waals surface area contributed by atoms with Crippen molar-refractivity contribution in [3.63, 3.8) is 0 Å². The van der Waals surface area contributed by atoms with Gasteiger partial charge in [-0.25, -0.2) is 4.98 Å². The second-order valence-electron chi connectivity index (χ2n) is 5.03. The second kappa shape index (κ2) is 5.06. The van der Waals surface area contributed by atoms with Crippen molar-refractivity contribution in [2.24, 2.45) is 5.73 Å². The van der Waals surface area contributed by atoms with Crippen LogP contribution in [-0.4, -0.2) is 4.98 Å². The molecule has 0 bridgehead atoms. The minimum atomic E-state index is -0.242. The summed E-state index contributed by atoms with van der Waals surface area (Å²) in [5, 5.41) is 4.35. The smallest absolute Gasteiger partial charge is 0.113 e. The third-order valence-electron chi connectivity index (χ3n) is 3.63. The Kier molecular flexibility index (Phi) is 3.56. The number of thiazole rings is 1. The molecule has 1 aliphatic rings. The van der Waals surface area contributed by atoms with Crippen LogP contribution in [0.25, 0.3) is 11.3 Å². The SMILES string of the molecule is NC1(c2nc(-c3cc(Cl)ccc3Cl)cs2)CCCC1. The van der Waals surface area contributed by atoms with E-state index in [9.17, 15) is 0 Å². The zero-order valence-corrected chi connectivity index (χ0v) is 12.7. The summed E-state index contributed by atoms with van der Waals surface area (Å²) in [6, 6.07) is 5.43. The normalized spacial score (nSPS) is 17.8. The van der Waals surface area contributed by atoms with Crippen molar-refractivity contribution in [2.45, 2.75) is 31.2 Å². The minimum Gasteiger partial charge on any atom is -0.319 e. The molecule has 0 spiro atoms. The quantitative estimate of drug-likeness (QED) is 0.861. The summed E-state index contributed by atoms with van der Waals surface area (Å²) in [4.78, 5) is 4.69. The van der Waals surface area contributed by atoms with Crippen LogP contribution in [0.1, 0.15) is 30.7 Å². The third-order valence-corrected chi connectivity index (χ3v) is 5.26. The van der Waals surface area contributed by atoms with E-state index in [1.165, 1.54) is 12.8 Å². The number of hydrogen-bond donors (Lipinski definition) is 1. The number of nitrogens with zero attached hydrogens (tertiary/aromatic N) is 1. The van der Waals surface area contributed by atoms with Gasteiger partial charge in [-0.2, -0.15) is 0 Å². The van der Waals surface area contributed by atoms with Crippen LogP contribution in [0.5, 0.6) is 0 Å². The summed E-state index contributed by atoms with van der Waals surface area (Å²) < 4.78 is 0. The van der Waals surface area contributed by atoms with Crippen LogP contribution in [0.15, 0.2) is 23.6 Å². The Balaban J connectivity index is 1.99. The van der Waals surface area contributed by atoms with Gasteiger partial charge in [-0.1, -0.05) is 36.0 Å². The molecule has 1 aliphatic carbocycles. The zero-order valence-electron chi connectivity index (χ0n) is 10.3. The van der Waals surface area contributed by atoms with E-state index in [-0.39, 0.29) is 5.54 Å². The Bertz CT molecular complexity index is 603. The Labute approximate surface area is 126 Å². The molecule has 1 aromatic carbocycles. The predicted octanol–water partition coefficient (Wildman–Crippen LogP) is 4.84. The summed E-state index contributed by atoms with van der Waals surface area (Å²) in [5.74, 6) is 0. The summed E-state index contributed by atoms with van der Waals surface area (Å²) >= 11 is 13.8. The van der Waals surface area contributed by atoms with Crippen LogP contribution in [0.4, 0.5) is 0 Å². The zero-order chi connectivity index (χ0) is 13.5. The van der Waals surface area contributed by atoms with Gasteiger partial charge in [0, 0.05) is 16.0 Å². The molecule has 0 aliphatic heterocycles. The molecule has 1 fully saturated rings. The van der Waals surface area contributed by atoms with E-state index in [4.69, 9.17) is 28.9 Å². The van der Waals surface area contributed by atoms with E-state index in [1.54, 1.807) is 23.5 Å². The molecule has 1 aromatic heterocycles. The van der Waals surface area contributed by atoms with Gasteiger partial charge in [0.15, 0.2) is 0 Å². The highest BCUT2D eigenvalue weighted by Crippen LogP contribution is 2.40. The van der Waals surface area contributed by atoms with Gasteiger partial charge in [0.2, 0.25) is 0 Å². The fraction of sp³-hybridized carbons (Fsp3) is 0.357. The highest BCUT2D eigenvalue weighted by molar-refractivity contribution is 7.10. The van der Waals surface area contributed by atoms with E-state index in [0.717, 1.165) is 29.1 Å². The van der Waals surface area contributed by atoms with Crippen LogP contribution < -0.4 is 5.73 Å². The Hall–Kier alpha value is -0.610. The number of hydrogen-bond acceptors (Lipinski definition) is 3. The molecule has 3 rings (SSSR count). The van der Waals surface area contributed by atoms with Gasteiger partial charge in [0.1, 0.15) is 5.01 Å². The average molecular weight is 313 g/mol. The molecule has 2 aromatic rings. The lowest BCUT2D eigenvalue weighted by Gasteiger charge is -2.19. The van der Waals surface area contributed by atoms with Crippen molar-refractivity contribution in [3.8, 4) is 11.3 Å². The number of aromatic nitrogens is 1. The number of benzene rings is 1. The van der Waals surface area contributed by atoms with E-state index < -0.39 is 0 Å². The molecule has 0 saturated heterocycles. The molecule has 0 unspecified atom stereocenters. The molecule has 0 radical (unpaired) electrons.